The Bertz CT molecular complexity index is 748. The van der Waals surface area contributed by atoms with Gasteiger partial charge in [-0.2, -0.15) is 0 Å². The van der Waals surface area contributed by atoms with E-state index in [1.807, 2.05) is 55.5 Å². The van der Waals surface area contributed by atoms with E-state index in [2.05, 4.69) is 0 Å². The van der Waals surface area contributed by atoms with Gasteiger partial charge in [0.1, 0.15) is 11.9 Å². The van der Waals surface area contributed by atoms with Gasteiger partial charge in [-0.15, -0.1) is 0 Å². The summed E-state index contributed by atoms with van der Waals surface area (Å²) in [5.41, 5.74) is 15.6. The number of carbonyl (C=O) groups is 1. The lowest BCUT2D eigenvalue weighted by Gasteiger charge is -2.23. The molecular formula is C18H18N2O2. The summed E-state index contributed by atoms with van der Waals surface area (Å²) in [5.74, 6) is 0.315. The quantitative estimate of drug-likeness (QED) is 0.912. The van der Waals surface area contributed by atoms with E-state index < -0.39 is 5.91 Å². The standard InChI is InChI=1S/C18H18N2O2/c1-11-16(18(20)21)9-15-8-14(6-7-17(15)22-11)13-4-2-12(10-19)3-5-13/h2-9,11H,10,19H2,1H3,(H2,20,21). The van der Waals surface area contributed by atoms with E-state index >= 15 is 0 Å². The van der Waals surface area contributed by atoms with Crippen molar-refractivity contribution in [2.75, 3.05) is 0 Å². The molecule has 4 N–H and O–H groups in total. The normalized spacial score (nSPS) is 16.5. The van der Waals surface area contributed by atoms with E-state index in [0.717, 1.165) is 28.0 Å². The van der Waals surface area contributed by atoms with Crippen LogP contribution < -0.4 is 16.2 Å². The van der Waals surface area contributed by atoms with E-state index in [-0.39, 0.29) is 6.10 Å². The van der Waals surface area contributed by atoms with Crippen LogP contribution in [0.1, 0.15) is 18.1 Å². The van der Waals surface area contributed by atoms with Crippen LogP contribution in [0.3, 0.4) is 0 Å². The maximum Gasteiger partial charge on any atom is 0.248 e. The first-order chi connectivity index (χ1) is 10.6. The van der Waals surface area contributed by atoms with Gasteiger partial charge in [-0.3, -0.25) is 4.79 Å². The molecule has 2 aromatic carbocycles. The maximum atomic E-state index is 11.5. The number of nitrogens with two attached hydrogens (primary N) is 2. The molecule has 0 spiro atoms. The number of primary amides is 1. The van der Waals surface area contributed by atoms with Crippen molar-refractivity contribution in [2.24, 2.45) is 11.5 Å². The number of benzene rings is 2. The van der Waals surface area contributed by atoms with Gasteiger partial charge in [-0.05, 0) is 41.8 Å². The van der Waals surface area contributed by atoms with Gasteiger partial charge in [-0.25, -0.2) is 0 Å². The molecule has 0 saturated carbocycles. The number of rotatable bonds is 3. The summed E-state index contributed by atoms with van der Waals surface area (Å²) in [6.45, 7) is 2.35. The molecule has 1 aliphatic heterocycles. The molecule has 1 heterocycles. The molecule has 0 saturated heterocycles. The average molecular weight is 294 g/mol. The molecule has 1 unspecified atom stereocenters. The Morgan fingerprint density at radius 1 is 1.14 bits per heavy atom. The van der Waals surface area contributed by atoms with Gasteiger partial charge in [0.25, 0.3) is 0 Å². The second-order valence-corrected chi connectivity index (χ2v) is 5.38. The summed E-state index contributed by atoms with van der Waals surface area (Å²) in [7, 11) is 0. The third kappa shape index (κ3) is 2.61. The number of hydrogen-bond donors (Lipinski definition) is 2. The fourth-order valence-electron chi connectivity index (χ4n) is 2.59. The third-order valence-corrected chi connectivity index (χ3v) is 3.87. The SMILES string of the molecule is CC1Oc2ccc(-c3ccc(CN)cc3)cc2C=C1C(N)=O. The molecule has 1 amide bonds. The monoisotopic (exact) mass is 294 g/mol. The number of hydrogen-bond acceptors (Lipinski definition) is 3. The number of ether oxygens (including phenoxy) is 1. The van der Waals surface area contributed by atoms with Crippen LogP contribution in [-0.4, -0.2) is 12.0 Å². The van der Waals surface area contributed by atoms with Crippen LogP contribution in [-0.2, 0) is 11.3 Å². The lowest BCUT2D eigenvalue weighted by atomic mass is 9.97. The van der Waals surface area contributed by atoms with Crippen LogP contribution >= 0.6 is 0 Å². The highest BCUT2D eigenvalue weighted by atomic mass is 16.5. The van der Waals surface area contributed by atoms with Gasteiger partial charge < -0.3 is 16.2 Å². The predicted molar refractivity (Wildman–Crippen MR) is 87.0 cm³/mol. The number of amides is 1. The maximum absolute atomic E-state index is 11.5. The minimum Gasteiger partial charge on any atom is -0.485 e. The van der Waals surface area contributed by atoms with Crippen molar-refractivity contribution in [1.29, 1.82) is 0 Å². The summed E-state index contributed by atoms with van der Waals surface area (Å²) in [6, 6.07) is 14.0. The van der Waals surface area contributed by atoms with Crippen molar-refractivity contribution in [3.63, 3.8) is 0 Å². The second kappa shape index (κ2) is 5.66. The zero-order chi connectivity index (χ0) is 15.7. The highest BCUT2D eigenvalue weighted by Crippen LogP contribution is 2.33. The number of fused-ring (bicyclic) bond motifs is 1. The van der Waals surface area contributed by atoms with Crippen molar-refractivity contribution < 1.29 is 9.53 Å². The molecule has 1 aliphatic rings. The first kappa shape index (κ1) is 14.4. The zero-order valence-corrected chi connectivity index (χ0v) is 12.4. The molecule has 3 rings (SSSR count). The molecule has 2 aromatic rings. The van der Waals surface area contributed by atoms with Crippen LogP contribution in [0.2, 0.25) is 0 Å². The molecule has 0 radical (unpaired) electrons. The molecule has 4 heteroatoms. The molecular weight excluding hydrogens is 276 g/mol. The largest absolute Gasteiger partial charge is 0.485 e. The first-order valence-electron chi connectivity index (χ1n) is 7.20. The Morgan fingerprint density at radius 3 is 2.45 bits per heavy atom. The van der Waals surface area contributed by atoms with Gasteiger partial charge in [0, 0.05) is 12.1 Å². The van der Waals surface area contributed by atoms with Crippen molar-refractivity contribution in [1.82, 2.24) is 0 Å². The Kier molecular flexibility index (Phi) is 3.69. The summed E-state index contributed by atoms with van der Waals surface area (Å²) < 4.78 is 5.75. The smallest absolute Gasteiger partial charge is 0.248 e. The summed E-state index contributed by atoms with van der Waals surface area (Å²) in [4.78, 5) is 11.5. The third-order valence-electron chi connectivity index (χ3n) is 3.87. The minimum absolute atomic E-state index is 0.320. The van der Waals surface area contributed by atoms with Crippen LogP contribution in [0.5, 0.6) is 5.75 Å². The Morgan fingerprint density at radius 2 is 1.82 bits per heavy atom. The van der Waals surface area contributed by atoms with Crippen LogP contribution in [0.4, 0.5) is 0 Å². The topological polar surface area (TPSA) is 78.3 Å². The lowest BCUT2D eigenvalue weighted by molar-refractivity contribution is -0.115. The lowest BCUT2D eigenvalue weighted by Crippen LogP contribution is -2.28. The van der Waals surface area contributed by atoms with Gasteiger partial charge in [0.15, 0.2) is 0 Å². The van der Waals surface area contributed by atoms with E-state index in [1.165, 1.54) is 0 Å². The zero-order valence-electron chi connectivity index (χ0n) is 12.4. The Balaban J connectivity index is 2.01. The molecule has 112 valence electrons. The van der Waals surface area contributed by atoms with Crippen molar-refractivity contribution in [2.45, 2.75) is 19.6 Å². The minimum atomic E-state index is -0.448. The molecule has 1 atom stereocenters. The molecule has 22 heavy (non-hydrogen) atoms. The fraction of sp³-hybridized carbons (Fsp3) is 0.167. The molecule has 4 nitrogen and oxygen atoms in total. The van der Waals surface area contributed by atoms with Gasteiger partial charge >= 0.3 is 0 Å². The van der Waals surface area contributed by atoms with Crippen molar-refractivity contribution in [3.05, 3.63) is 59.2 Å². The summed E-state index contributed by atoms with van der Waals surface area (Å²) in [6.07, 6.45) is 1.49. The first-order valence-corrected chi connectivity index (χ1v) is 7.20. The van der Waals surface area contributed by atoms with Crippen molar-refractivity contribution >= 4 is 12.0 Å². The van der Waals surface area contributed by atoms with E-state index in [4.69, 9.17) is 16.2 Å². The highest BCUT2D eigenvalue weighted by molar-refractivity contribution is 5.99. The Labute approximate surface area is 129 Å². The average Bonchev–Trinajstić information content (AvgIpc) is 2.53. The highest BCUT2D eigenvalue weighted by Gasteiger charge is 2.22. The molecule has 0 aromatic heterocycles. The molecule has 0 bridgehead atoms. The van der Waals surface area contributed by atoms with E-state index in [9.17, 15) is 4.79 Å². The van der Waals surface area contributed by atoms with Gasteiger partial charge in [-0.1, -0.05) is 30.3 Å². The molecule has 0 aliphatic carbocycles. The second-order valence-electron chi connectivity index (χ2n) is 5.38. The fourth-order valence-corrected chi connectivity index (χ4v) is 2.59. The van der Waals surface area contributed by atoms with E-state index in [0.29, 0.717) is 12.1 Å². The van der Waals surface area contributed by atoms with Crippen molar-refractivity contribution in [3.8, 4) is 16.9 Å². The Hall–Kier alpha value is -2.59. The molecule has 0 fully saturated rings. The number of carbonyl (C=O) groups excluding carboxylic acids is 1. The van der Waals surface area contributed by atoms with Crippen LogP contribution in [0.15, 0.2) is 48.0 Å². The van der Waals surface area contributed by atoms with E-state index in [1.54, 1.807) is 0 Å². The van der Waals surface area contributed by atoms with Crippen LogP contribution in [0.25, 0.3) is 17.2 Å². The van der Waals surface area contributed by atoms with Gasteiger partial charge in [0.05, 0.1) is 5.57 Å². The predicted octanol–water partition coefficient (Wildman–Crippen LogP) is 2.46. The summed E-state index contributed by atoms with van der Waals surface area (Å²) >= 11 is 0. The van der Waals surface area contributed by atoms with Crippen LogP contribution in [0, 0.1) is 0 Å². The summed E-state index contributed by atoms with van der Waals surface area (Å²) in [5, 5.41) is 0. The van der Waals surface area contributed by atoms with Gasteiger partial charge in [0.2, 0.25) is 5.91 Å².